The maximum Gasteiger partial charge on any atom is 0.248 e. The zero-order valence-electron chi connectivity index (χ0n) is 26.6. The molecular weight excluding hydrogens is 570 g/mol. The molecule has 2 aliphatic rings. The number of hydrogen-bond acceptors (Lipinski definition) is 4. The molecule has 238 valence electrons. The predicted octanol–water partition coefficient (Wildman–Crippen LogP) is 6.22. The molecule has 0 radical (unpaired) electrons. The van der Waals surface area contributed by atoms with Crippen LogP contribution < -0.4 is 5.32 Å². The summed E-state index contributed by atoms with van der Waals surface area (Å²) in [4.78, 5) is 33.0. The fraction of sp³-hybridized carbons (Fsp3) is 0.350. The van der Waals surface area contributed by atoms with E-state index in [2.05, 4.69) is 64.8 Å². The molecule has 6 heteroatoms. The first kappa shape index (κ1) is 31.7. The molecule has 2 amide bonds. The van der Waals surface area contributed by atoms with Crippen molar-refractivity contribution < 1.29 is 14.3 Å². The van der Waals surface area contributed by atoms with Crippen LogP contribution in [0.1, 0.15) is 53.9 Å². The molecule has 0 aliphatic carbocycles. The number of nitrogens with zero attached hydrogens (tertiary/aromatic N) is 2. The Kier molecular flexibility index (Phi) is 10.6. The number of benzene rings is 4. The average molecular weight is 616 g/mol. The lowest BCUT2D eigenvalue weighted by Gasteiger charge is -2.52. The lowest BCUT2D eigenvalue weighted by atomic mass is 9.80. The molecule has 2 heterocycles. The van der Waals surface area contributed by atoms with Crippen molar-refractivity contribution in [2.24, 2.45) is 0 Å². The van der Waals surface area contributed by atoms with E-state index >= 15 is 0 Å². The Morgan fingerprint density at radius 3 is 1.85 bits per heavy atom. The van der Waals surface area contributed by atoms with Gasteiger partial charge in [-0.3, -0.25) is 9.59 Å². The first-order valence-corrected chi connectivity index (χ1v) is 16.7. The molecule has 0 saturated carbocycles. The van der Waals surface area contributed by atoms with Crippen molar-refractivity contribution >= 4 is 11.8 Å². The Balaban J connectivity index is 1.18. The summed E-state index contributed by atoms with van der Waals surface area (Å²) < 4.78 is 6.01. The second-order valence-corrected chi connectivity index (χ2v) is 12.7. The fourth-order valence-corrected chi connectivity index (χ4v) is 7.03. The third kappa shape index (κ3) is 7.57. The van der Waals surface area contributed by atoms with Crippen LogP contribution >= 0.6 is 0 Å². The molecule has 6 nitrogen and oxygen atoms in total. The minimum absolute atomic E-state index is 0.0518. The predicted molar refractivity (Wildman–Crippen MR) is 182 cm³/mol. The standard InChI is InChI=1S/C40H45N3O3/c44-38-37(31-46-30-33-18-7-2-8-19-33)41-39(45)40(24-27-42(28-25-40)26-14-13-17-32-15-5-1-6-16-32)43(38)29-36(34-20-9-3-10-21-34)35-22-11-4-12-23-35/h1-12,15-16,18-23,36-37H,13-14,17,24-31H2,(H,41,45). The lowest BCUT2D eigenvalue weighted by molar-refractivity contribution is -0.163. The van der Waals surface area contributed by atoms with E-state index in [0.717, 1.165) is 55.6 Å². The van der Waals surface area contributed by atoms with Gasteiger partial charge in [-0.05, 0) is 60.9 Å². The van der Waals surface area contributed by atoms with Gasteiger partial charge in [0.2, 0.25) is 11.8 Å². The van der Waals surface area contributed by atoms with Gasteiger partial charge in [-0.1, -0.05) is 121 Å². The van der Waals surface area contributed by atoms with Gasteiger partial charge >= 0.3 is 0 Å². The third-order valence-electron chi connectivity index (χ3n) is 9.69. The summed E-state index contributed by atoms with van der Waals surface area (Å²) in [5.41, 5.74) is 3.80. The Morgan fingerprint density at radius 2 is 1.26 bits per heavy atom. The molecule has 1 unspecified atom stereocenters. The largest absolute Gasteiger partial charge is 0.374 e. The number of hydrogen-bond donors (Lipinski definition) is 1. The van der Waals surface area contributed by atoms with Crippen molar-refractivity contribution in [2.75, 3.05) is 32.8 Å². The van der Waals surface area contributed by atoms with E-state index in [9.17, 15) is 9.59 Å². The van der Waals surface area contributed by atoms with Crippen LogP contribution in [-0.4, -0.2) is 66.0 Å². The monoisotopic (exact) mass is 615 g/mol. The molecule has 1 atom stereocenters. The van der Waals surface area contributed by atoms with E-state index in [1.165, 1.54) is 5.56 Å². The van der Waals surface area contributed by atoms with Crippen LogP contribution in [0.3, 0.4) is 0 Å². The van der Waals surface area contributed by atoms with Gasteiger partial charge in [-0.2, -0.15) is 0 Å². The number of carbonyl (C=O) groups is 2. The zero-order valence-corrected chi connectivity index (χ0v) is 26.6. The van der Waals surface area contributed by atoms with E-state index in [4.69, 9.17) is 4.74 Å². The van der Waals surface area contributed by atoms with Gasteiger partial charge in [0.25, 0.3) is 0 Å². The molecule has 2 fully saturated rings. The highest BCUT2D eigenvalue weighted by atomic mass is 16.5. The van der Waals surface area contributed by atoms with Gasteiger partial charge in [0.1, 0.15) is 11.6 Å². The van der Waals surface area contributed by atoms with Crippen LogP contribution in [0, 0.1) is 0 Å². The SMILES string of the molecule is O=C1C(COCc2ccccc2)NC(=O)C2(CCN(CCCCc3ccccc3)CC2)N1CC(c1ccccc1)c1ccccc1. The summed E-state index contributed by atoms with van der Waals surface area (Å²) in [7, 11) is 0. The number of piperidine rings is 1. The molecule has 46 heavy (non-hydrogen) atoms. The summed E-state index contributed by atoms with van der Waals surface area (Å²) in [5, 5.41) is 3.11. The van der Waals surface area contributed by atoms with Gasteiger partial charge in [-0.15, -0.1) is 0 Å². The van der Waals surface area contributed by atoms with Gasteiger partial charge in [0.15, 0.2) is 0 Å². The fourth-order valence-electron chi connectivity index (χ4n) is 7.03. The molecule has 0 bridgehead atoms. The van der Waals surface area contributed by atoms with Crippen molar-refractivity contribution in [3.63, 3.8) is 0 Å². The van der Waals surface area contributed by atoms with Crippen molar-refractivity contribution in [1.82, 2.24) is 15.1 Å². The van der Waals surface area contributed by atoms with Gasteiger partial charge in [0.05, 0.1) is 13.2 Å². The van der Waals surface area contributed by atoms with Crippen molar-refractivity contribution in [3.8, 4) is 0 Å². The zero-order chi connectivity index (χ0) is 31.6. The van der Waals surface area contributed by atoms with Crippen LogP contribution in [0.5, 0.6) is 0 Å². The molecule has 0 aromatic heterocycles. The number of amides is 2. The van der Waals surface area contributed by atoms with Crippen LogP contribution in [0.4, 0.5) is 0 Å². The Morgan fingerprint density at radius 1 is 0.717 bits per heavy atom. The molecule has 6 rings (SSSR count). The minimum Gasteiger partial charge on any atom is -0.374 e. The summed E-state index contributed by atoms with van der Waals surface area (Å²) in [5.74, 6) is -0.166. The molecule has 1 N–H and O–H groups in total. The molecule has 1 spiro atoms. The molecular formula is C40H45N3O3. The number of ether oxygens (including phenoxy) is 1. The van der Waals surface area contributed by atoms with E-state index < -0.39 is 11.6 Å². The second kappa shape index (κ2) is 15.4. The van der Waals surface area contributed by atoms with Gasteiger partial charge < -0.3 is 19.9 Å². The summed E-state index contributed by atoms with van der Waals surface area (Å²) in [6.07, 6.45) is 4.57. The molecule has 2 saturated heterocycles. The smallest absolute Gasteiger partial charge is 0.248 e. The Bertz CT molecular complexity index is 1480. The second-order valence-electron chi connectivity index (χ2n) is 12.7. The van der Waals surface area contributed by atoms with E-state index in [1.54, 1.807) is 0 Å². The van der Waals surface area contributed by atoms with Gasteiger partial charge in [-0.25, -0.2) is 0 Å². The lowest BCUT2D eigenvalue weighted by Crippen LogP contribution is -2.73. The number of aryl methyl sites for hydroxylation is 1. The van der Waals surface area contributed by atoms with Crippen molar-refractivity contribution in [1.29, 1.82) is 0 Å². The average Bonchev–Trinajstić information content (AvgIpc) is 3.11. The van der Waals surface area contributed by atoms with Crippen molar-refractivity contribution in [2.45, 2.75) is 56.2 Å². The highest BCUT2D eigenvalue weighted by Crippen LogP contribution is 2.37. The Labute approximate surface area is 273 Å². The maximum absolute atomic E-state index is 14.4. The van der Waals surface area contributed by atoms with E-state index in [0.29, 0.717) is 26.0 Å². The quantitative estimate of drug-likeness (QED) is 0.182. The van der Waals surface area contributed by atoms with Crippen LogP contribution in [0.2, 0.25) is 0 Å². The normalized spacial score (nSPS) is 18.2. The number of rotatable bonds is 13. The topological polar surface area (TPSA) is 61.9 Å². The van der Waals surface area contributed by atoms with Gasteiger partial charge in [0, 0.05) is 25.6 Å². The van der Waals surface area contributed by atoms with E-state index in [1.807, 2.05) is 71.6 Å². The highest BCUT2D eigenvalue weighted by Gasteiger charge is 2.54. The maximum atomic E-state index is 14.4. The molecule has 2 aliphatic heterocycles. The first-order chi connectivity index (χ1) is 22.6. The minimum atomic E-state index is -0.880. The van der Waals surface area contributed by atoms with Crippen LogP contribution in [0.15, 0.2) is 121 Å². The number of likely N-dealkylation sites (tertiary alicyclic amines) is 1. The first-order valence-electron chi connectivity index (χ1n) is 16.7. The van der Waals surface area contributed by atoms with Crippen LogP contribution in [0.25, 0.3) is 0 Å². The number of nitrogens with one attached hydrogen (secondary N) is 1. The summed E-state index contributed by atoms with van der Waals surface area (Å²) >= 11 is 0. The Hall–Kier alpha value is -4.26. The van der Waals surface area contributed by atoms with E-state index in [-0.39, 0.29) is 24.3 Å². The molecule has 4 aromatic rings. The number of piperazine rings is 1. The highest BCUT2D eigenvalue weighted by molar-refractivity contribution is 6.00. The number of carbonyl (C=O) groups excluding carboxylic acids is 2. The number of unbranched alkanes of at least 4 members (excludes halogenated alkanes) is 1. The third-order valence-corrected chi connectivity index (χ3v) is 9.69. The summed E-state index contributed by atoms with van der Waals surface area (Å²) in [6.45, 7) is 3.55. The molecule has 4 aromatic carbocycles. The van der Waals surface area contributed by atoms with Crippen LogP contribution in [-0.2, 0) is 27.4 Å². The summed E-state index contributed by atoms with van der Waals surface area (Å²) in [6, 6.07) is 40.5. The van der Waals surface area contributed by atoms with Crippen molar-refractivity contribution in [3.05, 3.63) is 144 Å².